The molecule has 0 aromatic heterocycles. The highest BCUT2D eigenvalue weighted by Gasteiger charge is 1.95. The molecule has 0 aliphatic heterocycles. The van der Waals surface area contributed by atoms with E-state index in [1.807, 2.05) is 26.0 Å². The van der Waals surface area contributed by atoms with Crippen molar-refractivity contribution in [1.82, 2.24) is 0 Å². The van der Waals surface area contributed by atoms with Crippen LogP contribution in [0, 0.1) is 6.92 Å². The molecule has 0 radical (unpaired) electrons. The number of aliphatic imine (C=N–C) groups is 1. The number of aryl methyl sites for hydroxylation is 1. The molecule has 0 N–H and O–H groups in total. The number of nitrogens with zero attached hydrogens (tertiary/aromatic N) is 1. The summed E-state index contributed by atoms with van der Waals surface area (Å²) in [6, 6.07) is 6.10. The molecule has 0 aliphatic carbocycles. The van der Waals surface area contributed by atoms with Crippen LogP contribution in [0.4, 0.5) is 5.69 Å². The fraction of sp³-hybridized carbons (Fsp3) is 0.300. The lowest BCUT2D eigenvalue weighted by atomic mass is 10.2. The Bertz CT molecular complexity index is 312. The van der Waals surface area contributed by atoms with E-state index in [1.54, 1.807) is 0 Å². The highest BCUT2D eigenvalue weighted by Crippen LogP contribution is 2.22. The summed E-state index contributed by atoms with van der Waals surface area (Å²) >= 11 is 3.41. The van der Waals surface area contributed by atoms with Crippen LogP contribution in [0.1, 0.15) is 19.4 Å². The Morgan fingerprint density at radius 1 is 1.33 bits per heavy atom. The van der Waals surface area contributed by atoms with E-state index in [0.29, 0.717) is 0 Å². The number of benzene rings is 1. The van der Waals surface area contributed by atoms with Crippen molar-refractivity contribution in [1.29, 1.82) is 0 Å². The van der Waals surface area contributed by atoms with E-state index in [4.69, 9.17) is 0 Å². The second-order valence-electron chi connectivity index (χ2n) is 2.99. The highest BCUT2D eigenvalue weighted by molar-refractivity contribution is 9.10. The summed E-state index contributed by atoms with van der Waals surface area (Å²) in [4.78, 5) is 4.40. The van der Waals surface area contributed by atoms with Gasteiger partial charge in [-0.1, -0.05) is 15.9 Å². The fourth-order valence-electron chi connectivity index (χ4n) is 0.985. The molecule has 2 heteroatoms. The van der Waals surface area contributed by atoms with E-state index in [2.05, 4.69) is 33.9 Å². The molecule has 0 unspecified atom stereocenters. The van der Waals surface area contributed by atoms with Crippen molar-refractivity contribution >= 4 is 27.3 Å². The fourth-order valence-corrected chi connectivity index (χ4v) is 1.46. The molecule has 0 saturated heterocycles. The summed E-state index contributed by atoms with van der Waals surface area (Å²) in [5, 5.41) is 0. The maximum Gasteiger partial charge on any atom is 0.0658 e. The van der Waals surface area contributed by atoms with Crippen molar-refractivity contribution in [3.63, 3.8) is 0 Å². The summed E-state index contributed by atoms with van der Waals surface area (Å²) < 4.78 is 1.10. The Hall–Kier alpha value is -0.630. The molecule has 0 spiro atoms. The van der Waals surface area contributed by atoms with Crippen molar-refractivity contribution in [2.24, 2.45) is 4.99 Å². The smallest absolute Gasteiger partial charge is 0.0658 e. The molecular formula is C10H12BrN. The summed E-state index contributed by atoms with van der Waals surface area (Å²) in [6.45, 7) is 6.06. The van der Waals surface area contributed by atoms with Crippen molar-refractivity contribution in [3.8, 4) is 0 Å². The van der Waals surface area contributed by atoms with Gasteiger partial charge in [-0.25, -0.2) is 0 Å². The van der Waals surface area contributed by atoms with Crippen LogP contribution < -0.4 is 0 Å². The molecule has 0 amide bonds. The zero-order valence-corrected chi connectivity index (χ0v) is 9.14. The Balaban J connectivity index is 3.10. The summed E-state index contributed by atoms with van der Waals surface area (Å²) in [7, 11) is 0. The summed E-state index contributed by atoms with van der Waals surface area (Å²) in [6.07, 6.45) is 0. The Morgan fingerprint density at radius 2 is 2.00 bits per heavy atom. The lowest BCUT2D eigenvalue weighted by molar-refractivity contribution is 1.37. The van der Waals surface area contributed by atoms with Crippen LogP contribution in [-0.2, 0) is 0 Å². The molecule has 12 heavy (non-hydrogen) atoms. The molecule has 64 valence electrons. The minimum Gasteiger partial charge on any atom is -0.258 e. The first-order valence-corrected chi connectivity index (χ1v) is 4.67. The standard InChI is InChI=1S/C10H12BrN/c1-7(2)12-10-5-4-9(11)6-8(10)3/h4-6H,1-3H3. The van der Waals surface area contributed by atoms with E-state index >= 15 is 0 Å². The molecule has 0 fully saturated rings. The minimum atomic E-state index is 1.05. The van der Waals surface area contributed by atoms with E-state index in [0.717, 1.165) is 15.9 Å². The number of hydrogen-bond donors (Lipinski definition) is 0. The third-order valence-electron chi connectivity index (χ3n) is 1.50. The van der Waals surface area contributed by atoms with E-state index in [1.165, 1.54) is 5.56 Å². The molecule has 0 heterocycles. The molecular weight excluding hydrogens is 214 g/mol. The first kappa shape index (κ1) is 9.46. The van der Waals surface area contributed by atoms with Crippen molar-refractivity contribution in [3.05, 3.63) is 28.2 Å². The quantitative estimate of drug-likeness (QED) is 0.644. The van der Waals surface area contributed by atoms with E-state index in [-0.39, 0.29) is 0 Å². The maximum atomic E-state index is 4.40. The van der Waals surface area contributed by atoms with E-state index < -0.39 is 0 Å². The molecule has 0 bridgehead atoms. The second kappa shape index (κ2) is 3.85. The SMILES string of the molecule is CC(C)=Nc1ccc(Br)cc1C. The molecule has 0 aliphatic rings. The molecule has 1 aromatic rings. The topological polar surface area (TPSA) is 12.4 Å². The average molecular weight is 226 g/mol. The third kappa shape index (κ3) is 2.45. The van der Waals surface area contributed by atoms with Gasteiger partial charge in [0.25, 0.3) is 0 Å². The molecule has 0 saturated carbocycles. The van der Waals surface area contributed by atoms with Crippen LogP contribution in [0.3, 0.4) is 0 Å². The van der Waals surface area contributed by atoms with Crippen LogP contribution in [0.25, 0.3) is 0 Å². The van der Waals surface area contributed by atoms with Gasteiger partial charge in [0.1, 0.15) is 0 Å². The number of rotatable bonds is 1. The lowest BCUT2D eigenvalue weighted by Gasteiger charge is -2.00. The Labute approximate surface area is 81.7 Å². The number of hydrogen-bond acceptors (Lipinski definition) is 1. The Morgan fingerprint density at radius 3 is 2.50 bits per heavy atom. The van der Waals surface area contributed by atoms with Crippen LogP contribution in [0.15, 0.2) is 27.7 Å². The number of halogens is 1. The average Bonchev–Trinajstić information content (AvgIpc) is 1.94. The normalized spacial score (nSPS) is 9.67. The van der Waals surface area contributed by atoms with Gasteiger partial charge >= 0.3 is 0 Å². The third-order valence-corrected chi connectivity index (χ3v) is 2.00. The van der Waals surface area contributed by atoms with Crippen molar-refractivity contribution in [2.45, 2.75) is 20.8 Å². The minimum absolute atomic E-state index is 1.05. The van der Waals surface area contributed by atoms with Gasteiger partial charge in [-0.3, -0.25) is 4.99 Å². The predicted octanol–water partition coefficient (Wildman–Crippen LogP) is 3.87. The van der Waals surface area contributed by atoms with Crippen LogP contribution in [0.2, 0.25) is 0 Å². The lowest BCUT2D eigenvalue weighted by Crippen LogP contribution is -1.81. The maximum absolute atomic E-state index is 4.40. The second-order valence-corrected chi connectivity index (χ2v) is 3.91. The van der Waals surface area contributed by atoms with Gasteiger partial charge in [0.2, 0.25) is 0 Å². The van der Waals surface area contributed by atoms with Gasteiger partial charge in [-0.05, 0) is 44.5 Å². The zero-order valence-electron chi connectivity index (χ0n) is 7.56. The Kier molecular flexibility index (Phi) is 3.04. The molecule has 1 aromatic carbocycles. The predicted molar refractivity (Wildman–Crippen MR) is 57.3 cm³/mol. The highest BCUT2D eigenvalue weighted by atomic mass is 79.9. The van der Waals surface area contributed by atoms with Crippen LogP contribution in [0.5, 0.6) is 0 Å². The van der Waals surface area contributed by atoms with E-state index in [9.17, 15) is 0 Å². The largest absolute Gasteiger partial charge is 0.258 e. The first-order chi connectivity index (χ1) is 5.59. The van der Waals surface area contributed by atoms with Gasteiger partial charge in [0.15, 0.2) is 0 Å². The monoisotopic (exact) mass is 225 g/mol. The molecule has 0 atom stereocenters. The molecule has 1 rings (SSSR count). The zero-order chi connectivity index (χ0) is 9.14. The van der Waals surface area contributed by atoms with Gasteiger partial charge in [0, 0.05) is 10.2 Å². The van der Waals surface area contributed by atoms with Crippen LogP contribution in [-0.4, -0.2) is 5.71 Å². The summed E-state index contributed by atoms with van der Waals surface area (Å²) in [5.74, 6) is 0. The van der Waals surface area contributed by atoms with Gasteiger partial charge in [-0.15, -0.1) is 0 Å². The first-order valence-electron chi connectivity index (χ1n) is 3.87. The van der Waals surface area contributed by atoms with Gasteiger partial charge in [-0.2, -0.15) is 0 Å². The van der Waals surface area contributed by atoms with Crippen molar-refractivity contribution < 1.29 is 0 Å². The van der Waals surface area contributed by atoms with Gasteiger partial charge < -0.3 is 0 Å². The summed E-state index contributed by atoms with van der Waals surface area (Å²) in [5.41, 5.74) is 3.34. The van der Waals surface area contributed by atoms with Gasteiger partial charge in [0.05, 0.1) is 5.69 Å². The van der Waals surface area contributed by atoms with Crippen molar-refractivity contribution in [2.75, 3.05) is 0 Å². The molecule has 1 nitrogen and oxygen atoms in total. The van der Waals surface area contributed by atoms with Crippen LogP contribution >= 0.6 is 15.9 Å².